The molecule has 6 heteroatoms. The number of amides is 1. The van der Waals surface area contributed by atoms with Crippen molar-refractivity contribution in [3.63, 3.8) is 0 Å². The fraction of sp³-hybridized carbons (Fsp3) is 0.333. The van der Waals surface area contributed by atoms with Gasteiger partial charge in [-0.05, 0) is 43.7 Å². The second kappa shape index (κ2) is 6.90. The lowest BCUT2D eigenvalue weighted by molar-refractivity contribution is -0.116. The predicted molar refractivity (Wildman–Crippen MR) is 81.6 cm³/mol. The Morgan fingerprint density at radius 2 is 2.14 bits per heavy atom. The van der Waals surface area contributed by atoms with Crippen molar-refractivity contribution in [3.05, 3.63) is 30.0 Å². The summed E-state index contributed by atoms with van der Waals surface area (Å²) in [5.41, 5.74) is 2.83. The number of methoxy groups -OCH3 is 1. The van der Waals surface area contributed by atoms with Gasteiger partial charge in [0.15, 0.2) is 0 Å². The van der Waals surface area contributed by atoms with Crippen LogP contribution in [0.2, 0.25) is 0 Å². The molecule has 1 amide bonds. The number of ketones is 1. The monoisotopic (exact) mass is 289 g/mol. The maximum atomic E-state index is 11.2. The number of aromatic amines is 1. The van der Waals surface area contributed by atoms with Crippen molar-refractivity contribution in [1.29, 1.82) is 0 Å². The van der Waals surface area contributed by atoms with Gasteiger partial charge in [0.1, 0.15) is 5.78 Å². The molecule has 3 N–H and O–H groups in total. The van der Waals surface area contributed by atoms with Crippen LogP contribution in [0.1, 0.15) is 12.5 Å². The van der Waals surface area contributed by atoms with Gasteiger partial charge in [-0.15, -0.1) is 0 Å². The van der Waals surface area contributed by atoms with Crippen molar-refractivity contribution in [2.24, 2.45) is 0 Å². The van der Waals surface area contributed by atoms with Gasteiger partial charge in [0.2, 0.25) is 0 Å². The van der Waals surface area contributed by atoms with E-state index in [2.05, 4.69) is 20.4 Å². The third-order valence-corrected chi connectivity index (χ3v) is 3.14. The highest BCUT2D eigenvalue weighted by Crippen LogP contribution is 2.22. The number of H-pyrrole nitrogens is 1. The Balaban J connectivity index is 2.07. The van der Waals surface area contributed by atoms with Crippen LogP contribution in [0.3, 0.4) is 0 Å². The summed E-state index contributed by atoms with van der Waals surface area (Å²) in [7, 11) is 1.33. The van der Waals surface area contributed by atoms with E-state index >= 15 is 0 Å². The molecule has 0 aliphatic rings. The molecule has 0 aliphatic carbocycles. The summed E-state index contributed by atoms with van der Waals surface area (Å²) < 4.78 is 4.58. The standard InChI is InChI=1S/C15H19N3O3/c1-10(19)8-16-6-5-11-9-17-14-4-3-12(7-13(11)14)18-15(20)21-2/h3-4,7,9,16-17H,5-6,8H2,1-2H3,(H,18,20). The number of carbonyl (C=O) groups excluding carboxylic acids is 2. The molecule has 0 fully saturated rings. The number of rotatable bonds is 6. The minimum Gasteiger partial charge on any atom is -0.453 e. The average Bonchev–Trinajstić information content (AvgIpc) is 2.86. The van der Waals surface area contributed by atoms with E-state index < -0.39 is 6.09 Å². The van der Waals surface area contributed by atoms with Crippen LogP contribution in [-0.4, -0.2) is 37.1 Å². The highest BCUT2D eigenvalue weighted by atomic mass is 16.5. The summed E-state index contributed by atoms with van der Waals surface area (Å²) in [4.78, 5) is 25.3. The zero-order valence-electron chi connectivity index (χ0n) is 12.2. The quantitative estimate of drug-likeness (QED) is 0.711. The Morgan fingerprint density at radius 3 is 2.86 bits per heavy atom. The first-order valence-electron chi connectivity index (χ1n) is 6.75. The summed E-state index contributed by atoms with van der Waals surface area (Å²) in [5.74, 6) is 0.124. The van der Waals surface area contributed by atoms with Crippen molar-refractivity contribution < 1.29 is 14.3 Å². The van der Waals surface area contributed by atoms with E-state index in [1.54, 1.807) is 6.92 Å². The third-order valence-electron chi connectivity index (χ3n) is 3.14. The van der Waals surface area contributed by atoms with Crippen LogP contribution < -0.4 is 10.6 Å². The van der Waals surface area contributed by atoms with Crippen LogP contribution >= 0.6 is 0 Å². The molecule has 0 saturated heterocycles. The van der Waals surface area contributed by atoms with Crippen molar-refractivity contribution in [2.45, 2.75) is 13.3 Å². The van der Waals surface area contributed by atoms with Crippen molar-refractivity contribution in [3.8, 4) is 0 Å². The van der Waals surface area contributed by atoms with E-state index in [1.165, 1.54) is 7.11 Å². The normalized spacial score (nSPS) is 10.6. The molecule has 6 nitrogen and oxygen atoms in total. The zero-order valence-corrected chi connectivity index (χ0v) is 12.2. The van der Waals surface area contributed by atoms with Crippen molar-refractivity contribution >= 4 is 28.5 Å². The van der Waals surface area contributed by atoms with Gasteiger partial charge in [-0.1, -0.05) is 0 Å². The second-order valence-corrected chi connectivity index (χ2v) is 4.82. The van der Waals surface area contributed by atoms with Gasteiger partial charge in [0.05, 0.1) is 13.7 Å². The van der Waals surface area contributed by atoms with Gasteiger partial charge in [0, 0.05) is 22.8 Å². The first kappa shape index (κ1) is 15.1. The topological polar surface area (TPSA) is 83.2 Å². The highest BCUT2D eigenvalue weighted by molar-refractivity contribution is 5.91. The minimum atomic E-state index is -0.491. The summed E-state index contributed by atoms with van der Waals surface area (Å²) in [6, 6.07) is 5.63. The molecular formula is C15H19N3O3. The largest absolute Gasteiger partial charge is 0.453 e. The van der Waals surface area contributed by atoms with Gasteiger partial charge < -0.3 is 15.0 Å². The zero-order chi connectivity index (χ0) is 15.2. The van der Waals surface area contributed by atoms with Gasteiger partial charge >= 0.3 is 6.09 Å². The van der Waals surface area contributed by atoms with Crippen molar-refractivity contribution in [2.75, 3.05) is 25.5 Å². The number of ether oxygens (including phenoxy) is 1. The molecule has 21 heavy (non-hydrogen) atoms. The fourth-order valence-electron chi connectivity index (χ4n) is 2.12. The van der Waals surface area contributed by atoms with E-state index in [0.717, 1.165) is 29.4 Å². The fourth-order valence-corrected chi connectivity index (χ4v) is 2.12. The van der Waals surface area contributed by atoms with Crippen molar-refractivity contribution in [1.82, 2.24) is 10.3 Å². The Labute approximate surface area is 122 Å². The molecule has 0 unspecified atom stereocenters. The maximum absolute atomic E-state index is 11.2. The molecule has 0 atom stereocenters. The molecular weight excluding hydrogens is 270 g/mol. The van der Waals surface area contributed by atoms with E-state index in [-0.39, 0.29) is 5.78 Å². The van der Waals surface area contributed by atoms with Crippen LogP contribution in [0.5, 0.6) is 0 Å². The lowest BCUT2D eigenvalue weighted by Crippen LogP contribution is -2.23. The first-order valence-corrected chi connectivity index (χ1v) is 6.75. The molecule has 0 spiro atoms. The van der Waals surface area contributed by atoms with E-state index in [4.69, 9.17) is 0 Å². The van der Waals surface area contributed by atoms with Gasteiger partial charge in [-0.3, -0.25) is 10.1 Å². The summed E-state index contributed by atoms with van der Waals surface area (Å²) in [6.45, 7) is 2.67. The second-order valence-electron chi connectivity index (χ2n) is 4.82. The predicted octanol–water partition coefficient (Wildman–Crippen LogP) is 2.07. The first-order chi connectivity index (χ1) is 10.1. The van der Waals surface area contributed by atoms with Crippen LogP contribution in [0.4, 0.5) is 10.5 Å². The Bertz CT molecular complexity index is 649. The Kier molecular flexibility index (Phi) is 4.94. The Morgan fingerprint density at radius 1 is 1.33 bits per heavy atom. The number of fused-ring (bicyclic) bond motifs is 1. The third kappa shape index (κ3) is 4.06. The molecule has 1 heterocycles. The minimum absolute atomic E-state index is 0.124. The molecule has 112 valence electrons. The summed E-state index contributed by atoms with van der Waals surface area (Å²) in [5, 5.41) is 6.79. The molecule has 1 aromatic carbocycles. The van der Waals surface area contributed by atoms with E-state index in [1.807, 2.05) is 24.4 Å². The molecule has 0 bridgehead atoms. The Hall–Kier alpha value is -2.34. The number of hydrogen-bond donors (Lipinski definition) is 3. The summed E-state index contributed by atoms with van der Waals surface area (Å²) in [6.07, 6.45) is 2.26. The number of aromatic nitrogens is 1. The van der Waals surface area contributed by atoms with Gasteiger partial charge in [-0.2, -0.15) is 0 Å². The molecule has 0 radical (unpaired) electrons. The lowest BCUT2D eigenvalue weighted by atomic mass is 10.1. The average molecular weight is 289 g/mol. The number of carbonyl (C=O) groups is 2. The van der Waals surface area contributed by atoms with Crippen LogP contribution in [0.15, 0.2) is 24.4 Å². The van der Waals surface area contributed by atoms with E-state index in [0.29, 0.717) is 12.2 Å². The van der Waals surface area contributed by atoms with Crippen LogP contribution in [0, 0.1) is 0 Å². The number of Topliss-reactive ketones (excluding diaryl/α,β-unsaturated/α-hetero) is 1. The molecule has 0 aliphatic heterocycles. The number of hydrogen-bond acceptors (Lipinski definition) is 4. The summed E-state index contributed by atoms with van der Waals surface area (Å²) >= 11 is 0. The number of benzene rings is 1. The van der Waals surface area contributed by atoms with Gasteiger partial charge in [-0.25, -0.2) is 4.79 Å². The van der Waals surface area contributed by atoms with Crippen LogP contribution in [-0.2, 0) is 16.0 Å². The SMILES string of the molecule is COC(=O)Nc1ccc2[nH]cc(CCNCC(C)=O)c2c1. The smallest absolute Gasteiger partial charge is 0.411 e. The van der Waals surface area contributed by atoms with Crippen LogP contribution in [0.25, 0.3) is 10.9 Å². The van der Waals surface area contributed by atoms with Gasteiger partial charge in [0.25, 0.3) is 0 Å². The number of anilines is 1. The number of nitrogens with one attached hydrogen (secondary N) is 3. The maximum Gasteiger partial charge on any atom is 0.411 e. The molecule has 1 aromatic heterocycles. The molecule has 2 aromatic rings. The lowest BCUT2D eigenvalue weighted by Gasteiger charge is -2.05. The molecule has 2 rings (SSSR count). The van der Waals surface area contributed by atoms with E-state index in [9.17, 15) is 9.59 Å². The molecule has 0 saturated carbocycles. The highest BCUT2D eigenvalue weighted by Gasteiger charge is 2.07.